The van der Waals surface area contributed by atoms with Crippen LogP contribution in [0.3, 0.4) is 0 Å². The average Bonchev–Trinajstić information content (AvgIpc) is 3.19. The van der Waals surface area contributed by atoms with Crippen molar-refractivity contribution >= 4 is 23.3 Å². The summed E-state index contributed by atoms with van der Waals surface area (Å²) >= 11 is 6.14. The second-order valence-corrected chi connectivity index (χ2v) is 6.05. The third-order valence-electron chi connectivity index (χ3n) is 4.22. The van der Waals surface area contributed by atoms with Gasteiger partial charge in [-0.2, -0.15) is 0 Å². The average molecular weight is 296 g/mol. The predicted molar refractivity (Wildman–Crippen MR) is 77.6 cm³/mol. The number of morpholine rings is 1. The molecule has 0 amide bonds. The molecule has 1 N–H and O–H groups in total. The lowest BCUT2D eigenvalue weighted by molar-refractivity contribution is -0.137. The van der Waals surface area contributed by atoms with Crippen LogP contribution in [0.1, 0.15) is 24.8 Å². The SMILES string of the molecule is O=C(O)CC1(c2cc(Cl)ccc2N2CCOCC2)CC1. The van der Waals surface area contributed by atoms with Crippen LogP contribution in [0.4, 0.5) is 5.69 Å². The Morgan fingerprint density at radius 3 is 2.65 bits per heavy atom. The van der Waals surface area contributed by atoms with Crippen LogP contribution in [0, 0.1) is 0 Å². The fourth-order valence-corrected chi connectivity index (χ4v) is 3.17. The second-order valence-electron chi connectivity index (χ2n) is 5.61. The molecule has 0 radical (unpaired) electrons. The number of carboxylic acid groups (broad SMARTS) is 1. The molecule has 1 aliphatic carbocycles. The highest BCUT2D eigenvalue weighted by Gasteiger charge is 2.47. The summed E-state index contributed by atoms with van der Waals surface area (Å²) in [7, 11) is 0. The highest BCUT2D eigenvalue weighted by atomic mass is 35.5. The van der Waals surface area contributed by atoms with Crippen LogP contribution in [0.15, 0.2) is 18.2 Å². The maximum absolute atomic E-state index is 11.1. The highest BCUT2D eigenvalue weighted by molar-refractivity contribution is 6.30. The Bertz CT molecular complexity index is 522. The molecule has 5 heteroatoms. The number of carbonyl (C=O) groups is 1. The van der Waals surface area contributed by atoms with Crippen LogP contribution in [-0.4, -0.2) is 37.4 Å². The fourth-order valence-electron chi connectivity index (χ4n) is 2.99. The van der Waals surface area contributed by atoms with Crippen molar-refractivity contribution in [1.29, 1.82) is 0 Å². The van der Waals surface area contributed by atoms with Crippen LogP contribution in [0.2, 0.25) is 5.02 Å². The lowest BCUT2D eigenvalue weighted by Gasteiger charge is -2.32. The van der Waals surface area contributed by atoms with E-state index in [0.717, 1.165) is 37.2 Å². The molecular weight excluding hydrogens is 278 g/mol. The van der Waals surface area contributed by atoms with E-state index in [9.17, 15) is 4.79 Å². The number of carboxylic acids is 1. The second kappa shape index (κ2) is 5.26. The Morgan fingerprint density at radius 1 is 1.35 bits per heavy atom. The molecule has 4 nitrogen and oxygen atoms in total. The standard InChI is InChI=1S/C15H18ClNO3/c16-11-1-2-13(17-5-7-20-8-6-17)12(9-11)15(3-4-15)10-14(18)19/h1-2,9H,3-8,10H2,(H,18,19). The van der Waals surface area contributed by atoms with Gasteiger partial charge in [-0.1, -0.05) is 11.6 Å². The van der Waals surface area contributed by atoms with E-state index in [4.69, 9.17) is 21.4 Å². The molecule has 1 aromatic carbocycles. The zero-order valence-corrected chi connectivity index (χ0v) is 12.0. The van der Waals surface area contributed by atoms with Crippen LogP contribution < -0.4 is 4.90 Å². The zero-order valence-electron chi connectivity index (χ0n) is 11.3. The van der Waals surface area contributed by atoms with Gasteiger partial charge < -0.3 is 14.7 Å². The van der Waals surface area contributed by atoms with Gasteiger partial charge in [-0.15, -0.1) is 0 Å². The molecule has 1 saturated heterocycles. The summed E-state index contributed by atoms with van der Waals surface area (Å²) in [4.78, 5) is 13.4. The van der Waals surface area contributed by atoms with Gasteiger partial charge in [0.15, 0.2) is 0 Å². The number of hydrogen-bond acceptors (Lipinski definition) is 3. The van der Waals surface area contributed by atoms with Gasteiger partial charge in [0, 0.05) is 29.2 Å². The quantitative estimate of drug-likeness (QED) is 0.928. The Labute approximate surface area is 123 Å². The van der Waals surface area contributed by atoms with Crippen molar-refractivity contribution in [2.75, 3.05) is 31.2 Å². The first-order valence-electron chi connectivity index (χ1n) is 6.95. The summed E-state index contributed by atoms with van der Waals surface area (Å²) in [5.74, 6) is -0.740. The van der Waals surface area contributed by atoms with E-state index in [2.05, 4.69) is 4.90 Å². The van der Waals surface area contributed by atoms with Crippen molar-refractivity contribution in [1.82, 2.24) is 0 Å². The van der Waals surface area contributed by atoms with Crippen LogP contribution >= 0.6 is 11.6 Å². The number of rotatable bonds is 4. The van der Waals surface area contributed by atoms with Gasteiger partial charge in [0.2, 0.25) is 0 Å². The monoisotopic (exact) mass is 295 g/mol. The number of nitrogens with zero attached hydrogens (tertiary/aromatic N) is 1. The molecule has 108 valence electrons. The molecular formula is C15H18ClNO3. The zero-order chi connectivity index (χ0) is 14.2. The van der Waals surface area contributed by atoms with Gasteiger partial charge >= 0.3 is 5.97 Å². The first-order valence-corrected chi connectivity index (χ1v) is 7.33. The van der Waals surface area contributed by atoms with E-state index < -0.39 is 5.97 Å². The summed E-state index contributed by atoms with van der Waals surface area (Å²) in [5.41, 5.74) is 2.00. The van der Waals surface area contributed by atoms with Gasteiger partial charge in [0.25, 0.3) is 0 Å². The number of halogens is 1. The molecule has 0 aromatic heterocycles. The lowest BCUT2D eigenvalue weighted by Crippen LogP contribution is -2.37. The normalized spacial score (nSPS) is 20.8. The van der Waals surface area contributed by atoms with Crippen molar-refractivity contribution in [2.45, 2.75) is 24.7 Å². The highest BCUT2D eigenvalue weighted by Crippen LogP contribution is 2.54. The van der Waals surface area contributed by atoms with Gasteiger partial charge in [-0.05, 0) is 36.6 Å². The van der Waals surface area contributed by atoms with Crippen molar-refractivity contribution < 1.29 is 14.6 Å². The predicted octanol–water partition coefficient (Wildman–Crippen LogP) is 2.68. The maximum Gasteiger partial charge on any atom is 0.304 e. The molecule has 0 bridgehead atoms. The maximum atomic E-state index is 11.1. The van der Waals surface area contributed by atoms with Crippen molar-refractivity contribution in [3.63, 3.8) is 0 Å². The van der Waals surface area contributed by atoms with Crippen LogP contribution in [0.25, 0.3) is 0 Å². The molecule has 0 atom stereocenters. The van der Waals surface area contributed by atoms with Crippen LogP contribution in [0.5, 0.6) is 0 Å². The van der Waals surface area contributed by atoms with E-state index in [1.807, 2.05) is 18.2 Å². The largest absolute Gasteiger partial charge is 0.481 e. The number of aliphatic carboxylic acids is 1. The Balaban J connectivity index is 1.96. The minimum atomic E-state index is -0.740. The van der Waals surface area contributed by atoms with Crippen molar-refractivity contribution in [3.8, 4) is 0 Å². The molecule has 1 saturated carbocycles. The smallest absolute Gasteiger partial charge is 0.304 e. The van der Waals surface area contributed by atoms with Gasteiger partial charge in [0.1, 0.15) is 0 Å². The van der Waals surface area contributed by atoms with Gasteiger partial charge in [-0.25, -0.2) is 0 Å². The molecule has 0 spiro atoms. The molecule has 2 fully saturated rings. The van der Waals surface area contributed by atoms with E-state index in [1.54, 1.807) is 0 Å². The third-order valence-corrected chi connectivity index (χ3v) is 4.46. The molecule has 3 rings (SSSR count). The fraction of sp³-hybridized carbons (Fsp3) is 0.533. The van der Waals surface area contributed by atoms with Crippen LogP contribution in [-0.2, 0) is 14.9 Å². The summed E-state index contributed by atoms with van der Waals surface area (Å²) in [6, 6.07) is 5.85. The van der Waals surface area contributed by atoms with E-state index >= 15 is 0 Å². The minimum absolute atomic E-state index is 0.185. The van der Waals surface area contributed by atoms with Crippen molar-refractivity contribution in [2.24, 2.45) is 0 Å². The molecule has 20 heavy (non-hydrogen) atoms. The Morgan fingerprint density at radius 2 is 2.05 bits per heavy atom. The number of anilines is 1. The van der Waals surface area contributed by atoms with Crippen molar-refractivity contribution in [3.05, 3.63) is 28.8 Å². The molecule has 1 aromatic rings. The summed E-state index contributed by atoms with van der Waals surface area (Å²) < 4.78 is 5.39. The number of benzene rings is 1. The Hall–Kier alpha value is -1.26. The summed E-state index contributed by atoms with van der Waals surface area (Å²) in [5, 5.41) is 9.83. The van der Waals surface area contributed by atoms with E-state index in [-0.39, 0.29) is 11.8 Å². The number of hydrogen-bond donors (Lipinski definition) is 1. The molecule has 1 heterocycles. The van der Waals surface area contributed by atoms with Gasteiger partial charge in [-0.3, -0.25) is 4.79 Å². The molecule has 0 unspecified atom stereocenters. The first-order chi connectivity index (χ1) is 9.61. The lowest BCUT2D eigenvalue weighted by atomic mass is 9.90. The summed E-state index contributed by atoms with van der Waals surface area (Å²) in [6.07, 6.45) is 2.04. The molecule has 2 aliphatic rings. The first kappa shape index (κ1) is 13.7. The third kappa shape index (κ3) is 2.63. The Kier molecular flexibility index (Phi) is 3.61. The minimum Gasteiger partial charge on any atom is -0.481 e. The van der Waals surface area contributed by atoms with Gasteiger partial charge in [0.05, 0.1) is 19.6 Å². The number of ether oxygens (including phenoxy) is 1. The van der Waals surface area contributed by atoms with E-state index in [0.29, 0.717) is 18.2 Å². The topological polar surface area (TPSA) is 49.8 Å². The summed E-state index contributed by atoms with van der Waals surface area (Å²) in [6.45, 7) is 3.12. The van der Waals surface area contributed by atoms with E-state index in [1.165, 1.54) is 0 Å². The molecule has 1 aliphatic heterocycles.